The lowest BCUT2D eigenvalue weighted by Crippen LogP contribution is -2.50. The van der Waals surface area contributed by atoms with Crippen LogP contribution in [0.5, 0.6) is 17.2 Å². The molecule has 0 spiro atoms. The molecular formula is C38H40O8. The second-order valence-electron chi connectivity index (χ2n) is 14.4. The Bertz CT molecular complexity index is 2090. The quantitative estimate of drug-likeness (QED) is 0.172. The Morgan fingerprint density at radius 1 is 0.913 bits per heavy atom. The highest BCUT2D eigenvalue weighted by atomic mass is 16.5. The van der Waals surface area contributed by atoms with E-state index in [-0.39, 0.29) is 11.2 Å². The number of allylic oxidation sites excluding steroid dienone is 2. The molecule has 0 aliphatic carbocycles. The van der Waals surface area contributed by atoms with Crippen LogP contribution in [-0.2, 0) is 10.8 Å². The van der Waals surface area contributed by atoms with Gasteiger partial charge in [0, 0.05) is 33.4 Å². The summed E-state index contributed by atoms with van der Waals surface area (Å²) in [5.41, 5.74) is -1.72. The van der Waals surface area contributed by atoms with Gasteiger partial charge in [-0.2, -0.15) is 0 Å². The molecule has 0 saturated carbocycles. The van der Waals surface area contributed by atoms with Gasteiger partial charge >= 0.3 is 11.3 Å². The molecule has 2 aliphatic heterocycles. The van der Waals surface area contributed by atoms with Crippen LogP contribution in [0.25, 0.3) is 28.0 Å². The van der Waals surface area contributed by atoms with Crippen LogP contribution in [0.2, 0.25) is 0 Å². The molecular weight excluding hydrogens is 584 g/mol. The number of aliphatic hydroxyl groups excluding tert-OH is 1. The highest BCUT2D eigenvalue weighted by Crippen LogP contribution is 2.53. The van der Waals surface area contributed by atoms with Crippen LogP contribution in [0.3, 0.4) is 0 Å². The van der Waals surface area contributed by atoms with Gasteiger partial charge in [-0.1, -0.05) is 39.8 Å². The largest absolute Gasteiger partial charge is 0.484 e. The van der Waals surface area contributed by atoms with Gasteiger partial charge in [-0.05, 0) is 64.1 Å². The number of ether oxygens (including phenoxy) is 3. The summed E-state index contributed by atoms with van der Waals surface area (Å²) in [7, 11) is 0. The zero-order chi connectivity index (χ0) is 33.6. The summed E-state index contributed by atoms with van der Waals surface area (Å²) >= 11 is 0. The number of rotatable bonds is 6. The molecule has 8 heteroatoms. The van der Waals surface area contributed by atoms with Crippen molar-refractivity contribution in [1.82, 2.24) is 0 Å². The molecule has 4 aromatic rings. The summed E-state index contributed by atoms with van der Waals surface area (Å²) in [4.78, 5) is 26.1. The minimum absolute atomic E-state index is 0.250. The van der Waals surface area contributed by atoms with E-state index in [9.17, 15) is 14.7 Å². The third kappa shape index (κ3) is 4.87. The molecule has 0 bridgehead atoms. The van der Waals surface area contributed by atoms with Crippen molar-refractivity contribution in [3.8, 4) is 17.2 Å². The maximum atomic E-state index is 13.6. The van der Waals surface area contributed by atoms with Crippen molar-refractivity contribution in [1.29, 1.82) is 0 Å². The first-order valence-corrected chi connectivity index (χ1v) is 15.4. The van der Waals surface area contributed by atoms with Crippen molar-refractivity contribution in [2.24, 2.45) is 0 Å². The summed E-state index contributed by atoms with van der Waals surface area (Å²) in [6, 6.07) is 8.34. The normalized spacial score (nSPS) is 19.9. The Morgan fingerprint density at radius 2 is 1.59 bits per heavy atom. The van der Waals surface area contributed by atoms with Gasteiger partial charge in [0.1, 0.15) is 45.7 Å². The van der Waals surface area contributed by atoms with E-state index in [2.05, 4.69) is 13.2 Å². The van der Waals surface area contributed by atoms with Gasteiger partial charge in [0.2, 0.25) is 0 Å². The monoisotopic (exact) mass is 624 g/mol. The smallest absolute Gasteiger partial charge is 0.340 e. The maximum Gasteiger partial charge on any atom is 0.340 e. The number of hydrogen-bond donors (Lipinski definition) is 1. The van der Waals surface area contributed by atoms with Crippen molar-refractivity contribution in [3.63, 3.8) is 0 Å². The molecule has 2 atom stereocenters. The molecule has 0 unspecified atom stereocenters. The Labute approximate surface area is 267 Å². The van der Waals surface area contributed by atoms with Crippen LogP contribution in [-0.4, -0.2) is 22.4 Å². The number of benzene rings is 2. The topological polar surface area (TPSA) is 108 Å². The van der Waals surface area contributed by atoms with Crippen LogP contribution in [0.1, 0.15) is 83.7 Å². The van der Waals surface area contributed by atoms with Gasteiger partial charge in [0.25, 0.3) is 0 Å². The first kappa shape index (κ1) is 31.4. The molecule has 0 fully saturated rings. The number of fused-ring (bicyclic) bond motifs is 5. The van der Waals surface area contributed by atoms with Crippen molar-refractivity contribution < 1.29 is 28.2 Å². The molecule has 2 aliphatic rings. The highest BCUT2D eigenvalue weighted by Gasteiger charge is 2.47. The molecule has 4 heterocycles. The first-order valence-electron chi connectivity index (χ1n) is 15.4. The average Bonchev–Trinajstić information content (AvgIpc) is 2.97. The van der Waals surface area contributed by atoms with Gasteiger partial charge < -0.3 is 28.2 Å². The van der Waals surface area contributed by atoms with Crippen LogP contribution >= 0.6 is 0 Å². The summed E-state index contributed by atoms with van der Waals surface area (Å²) in [6.07, 6.45) is 5.06. The molecule has 0 radical (unpaired) electrons. The van der Waals surface area contributed by atoms with E-state index >= 15 is 0 Å². The van der Waals surface area contributed by atoms with Crippen LogP contribution < -0.4 is 25.5 Å². The number of aliphatic hydroxyl groups is 1. The van der Waals surface area contributed by atoms with Crippen LogP contribution in [0.15, 0.2) is 80.1 Å². The number of hydrogen-bond acceptors (Lipinski definition) is 8. The minimum atomic E-state index is -1.21. The standard InChI is InChI=1S/C38H40O8/c1-11-35(3,4)23-19-22-29(21-17-18-37(7,8)46-31(21)27(36(5,6)12-2)30(22)44-34(23)41)43-32-26-24(45-38(9,10)33(32)40)15-13-20-14-16-25(39)42-28(20)26/h11-19,32-33,40H,1-2H2,3-10H3/t32-,33-/m0/s1. The predicted molar refractivity (Wildman–Crippen MR) is 179 cm³/mol. The van der Waals surface area contributed by atoms with Crippen molar-refractivity contribution in [2.75, 3.05) is 0 Å². The van der Waals surface area contributed by atoms with Crippen LogP contribution in [0.4, 0.5) is 0 Å². The zero-order valence-electron chi connectivity index (χ0n) is 27.6. The highest BCUT2D eigenvalue weighted by molar-refractivity contribution is 5.96. The van der Waals surface area contributed by atoms with E-state index in [1.54, 1.807) is 50.3 Å². The van der Waals surface area contributed by atoms with E-state index in [1.807, 2.05) is 53.7 Å². The van der Waals surface area contributed by atoms with Gasteiger partial charge in [-0.15, -0.1) is 13.2 Å². The zero-order valence-corrected chi connectivity index (χ0v) is 27.6. The molecule has 1 N–H and O–H groups in total. The maximum absolute atomic E-state index is 13.6. The SMILES string of the molecule is C=CC(C)(C)c1cc2c(O[C@H]3c4c(ccc5ccc(=O)oc45)OC(C)(C)[C@H]3O)c3c(c(C(C)(C)C=C)c2oc1=O)OC(C)(C)C=C3. The fraction of sp³-hybridized carbons (Fsp3) is 0.368. The summed E-state index contributed by atoms with van der Waals surface area (Å²) in [5, 5.41) is 13.0. The molecule has 6 rings (SSSR count). The van der Waals surface area contributed by atoms with E-state index in [1.165, 1.54) is 6.07 Å². The molecule has 46 heavy (non-hydrogen) atoms. The van der Waals surface area contributed by atoms with Gasteiger partial charge in [0.05, 0.1) is 16.5 Å². The predicted octanol–water partition coefficient (Wildman–Crippen LogP) is 7.66. The lowest BCUT2D eigenvalue weighted by molar-refractivity contribution is -0.102. The first-order chi connectivity index (χ1) is 21.4. The molecule has 2 aromatic heterocycles. The van der Waals surface area contributed by atoms with Crippen molar-refractivity contribution >= 4 is 28.0 Å². The fourth-order valence-corrected chi connectivity index (χ4v) is 6.13. The molecule has 240 valence electrons. The third-order valence-electron chi connectivity index (χ3n) is 9.20. The lowest BCUT2D eigenvalue weighted by atomic mass is 9.79. The van der Waals surface area contributed by atoms with Gasteiger partial charge in [0.15, 0.2) is 6.10 Å². The minimum Gasteiger partial charge on any atom is -0.484 e. The third-order valence-corrected chi connectivity index (χ3v) is 9.20. The summed E-state index contributed by atoms with van der Waals surface area (Å²) in [5.74, 6) is 1.22. The van der Waals surface area contributed by atoms with E-state index < -0.39 is 45.5 Å². The van der Waals surface area contributed by atoms with Crippen molar-refractivity contribution in [2.45, 2.75) is 89.6 Å². The molecule has 8 nitrogen and oxygen atoms in total. The van der Waals surface area contributed by atoms with E-state index in [0.29, 0.717) is 50.3 Å². The van der Waals surface area contributed by atoms with Gasteiger partial charge in [-0.25, -0.2) is 9.59 Å². The van der Waals surface area contributed by atoms with Crippen LogP contribution in [0, 0.1) is 0 Å². The summed E-state index contributed by atoms with van der Waals surface area (Å²) in [6.45, 7) is 23.1. The van der Waals surface area contributed by atoms with Gasteiger partial charge in [-0.3, -0.25) is 0 Å². The van der Waals surface area contributed by atoms with E-state index in [4.69, 9.17) is 23.0 Å². The summed E-state index contributed by atoms with van der Waals surface area (Å²) < 4.78 is 31.7. The fourth-order valence-electron chi connectivity index (χ4n) is 6.13. The second-order valence-corrected chi connectivity index (χ2v) is 14.4. The Kier molecular flexibility index (Phi) is 6.98. The Morgan fingerprint density at radius 3 is 2.26 bits per heavy atom. The molecule has 0 saturated heterocycles. The Balaban J connectivity index is 1.75. The Hall–Kier alpha value is -4.56. The van der Waals surface area contributed by atoms with Crippen molar-refractivity contribution in [3.05, 3.63) is 105 Å². The average molecular weight is 625 g/mol. The lowest BCUT2D eigenvalue weighted by Gasteiger charge is -2.42. The molecule has 2 aromatic carbocycles. The van der Waals surface area contributed by atoms with E-state index in [0.717, 1.165) is 0 Å². The molecule has 0 amide bonds. The second kappa shape index (κ2) is 10.2.